The largest absolute Gasteiger partial charge is 0.416 e. The Labute approximate surface area is 121 Å². The lowest BCUT2D eigenvalue weighted by Crippen LogP contribution is -2.21. The van der Waals surface area contributed by atoms with Crippen LogP contribution in [-0.4, -0.2) is 22.2 Å². The maximum Gasteiger partial charge on any atom is 0.416 e. The third-order valence-corrected chi connectivity index (χ3v) is 3.61. The molecule has 0 aromatic heterocycles. The summed E-state index contributed by atoms with van der Waals surface area (Å²) in [6, 6.07) is 4.03. The summed E-state index contributed by atoms with van der Waals surface area (Å²) in [6.45, 7) is 0. The summed E-state index contributed by atoms with van der Waals surface area (Å²) < 4.78 is 37.1. The van der Waals surface area contributed by atoms with E-state index >= 15 is 0 Å². The fraction of sp³-hybridized carbons (Fsp3) is 0.250. The second kappa shape index (κ2) is 5.76. The van der Waals surface area contributed by atoms with E-state index in [1.807, 2.05) is 0 Å². The van der Waals surface area contributed by atoms with Crippen molar-refractivity contribution in [1.29, 1.82) is 0 Å². The van der Waals surface area contributed by atoms with Gasteiger partial charge in [-0.1, -0.05) is 11.8 Å². The van der Waals surface area contributed by atoms with Gasteiger partial charge in [0, 0.05) is 12.1 Å². The van der Waals surface area contributed by atoms with E-state index in [4.69, 9.17) is 5.73 Å². The minimum absolute atomic E-state index is 0.104. The second-order valence-corrected chi connectivity index (χ2v) is 5.45. The minimum Gasteiger partial charge on any atom is -0.378 e. The summed E-state index contributed by atoms with van der Waals surface area (Å²) in [7, 11) is 0. The van der Waals surface area contributed by atoms with Gasteiger partial charge in [-0.05, 0) is 24.3 Å². The number of carbonyl (C=O) groups excluding carboxylic acids is 2. The number of anilines is 1. The number of nitrogens with two attached hydrogens (primary N) is 1. The van der Waals surface area contributed by atoms with Crippen LogP contribution in [0.15, 0.2) is 29.3 Å². The standard InChI is InChI=1S/C12H10F3N3O2S/c13-12(14,15)6-1-3-7(4-2-6)17-9(19)5-8-10(20)18-11(16)21-8/h1-4,8H,5H2,(H,17,19)(H2,16,18,20)/t8-/m1/s1. The van der Waals surface area contributed by atoms with E-state index in [0.29, 0.717) is 0 Å². The van der Waals surface area contributed by atoms with E-state index in [2.05, 4.69) is 10.3 Å². The maximum absolute atomic E-state index is 12.4. The molecule has 2 rings (SSSR count). The van der Waals surface area contributed by atoms with E-state index in [0.717, 1.165) is 36.0 Å². The molecule has 1 aliphatic rings. The van der Waals surface area contributed by atoms with E-state index < -0.39 is 28.8 Å². The summed E-state index contributed by atoms with van der Waals surface area (Å²) in [4.78, 5) is 26.5. The van der Waals surface area contributed by atoms with Crippen LogP contribution in [0.25, 0.3) is 0 Å². The van der Waals surface area contributed by atoms with Crippen molar-refractivity contribution in [3.63, 3.8) is 0 Å². The number of rotatable bonds is 3. The van der Waals surface area contributed by atoms with Gasteiger partial charge in [0.15, 0.2) is 5.17 Å². The number of amidine groups is 1. The van der Waals surface area contributed by atoms with Gasteiger partial charge in [0.05, 0.1) is 5.56 Å². The third kappa shape index (κ3) is 3.97. The molecule has 0 unspecified atom stereocenters. The summed E-state index contributed by atoms with van der Waals surface area (Å²) >= 11 is 0.987. The first-order chi connectivity index (χ1) is 9.75. The van der Waals surface area contributed by atoms with Gasteiger partial charge in [-0.3, -0.25) is 9.59 Å². The van der Waals surface area contributed by atoms with Crippen molar-refractivity contribution in [3.8, 4) is 0 Å². The molecular formula is C12H10F3N3O2S. The van der Waals surface area contributed by atoms with Crippen LogP contribution in [0, 0.1) is 0 Å². The highest BCUT2D eigenvalue weighted by Gasteiger charge is 2.31. The molecule has 0 fully saturated rings. The van der Waals surface area contributed by atoms with Gasteiger partial charge >= 0.3 is 6.18 Å². The molecule has 0 saturated carbocycles. The van der Waals surface area contributed by atoms with E-state index in [9.17, 15) is 22.8 Å². The van der Waals surface area contributed by atoms with Crippen LogP contribution in [0.2, 0.25) is 0 Å². The van der Waals surface area contributed by atoms with Crippen LogP contribution in [0.5, 0.6) is 0 Å². The Morgan fingerprint density at radius 1 is 1.33 bits per heavy atom. The highest BCUT2D eigenvalue weighted by Crippen LogP contribution is 2.30. The van der Waals surface area contributed by atoms with Crippen LogP contribution in [0.3, 0.4) is 0 Å². The van der Waals surface area contributed by atoms with Crippen molar-refractivity contribution >= 4 is 34.4 Å². The Morgan fingerprint density at radius 3 is 2.43 bits per heavy atom. The highest BCUT2D eigenvalue weighted by molar-refractivity contribution is 8.15. The fourth-order valence-electron chi connectivity index (χ4n) is 1.66. The van der Waals surface area contributed by atoms with E-state index in [-0.39, 0.29) is 17.3 Å². The van der Waals surface area contributed by atoms with Crippen LogP contribution < -0.4 is 11.1 Å². The monoisotopic (exact) mass is 317 g/mol. The number of benzene rings is 1. The van der Waals surface area contributed by atoms with Crippen molar-refractivity contribution in [1.82, 2.24) is 0 Å². The smallest absolute Gasteiger partial charge is 0.378 e. The number of hydrogen-bond acceptors (Lipinski definition) is 4. The van der Waals surface area contributed by atoms with Crippen molar-refractivity contribution in [2.45, 2.75) is 17.8 Å². The van der Waals surface area contributed by atoms with Crippen LogP contribution in [0.4, 0.5) is 18.9 Å². The average molecular weight is 317 g/mol. The highest BCUT2D eigenvalue weighted by atomic mass is 32.2. The molecule has 0 aliphatic carbocycles. The number of amides is 2. The zero-order valence-electron chi connectivity index (χ0n) is 10.5. The molecule has 1 aliphatic heterocycles. The Bertz CT molecular complexity index is 599. The predicted octanol–water partition coefficient (Wildman–Crippen LogP) is 1.99. The zero-order valence-corrected chi connectivity index (χ0v) is 11.3. The number of halogens is 3. The summed E-state index contributed by atoms with van der Waals surface area (Å²) in [5.41, 5.74) is 4.77. The van der Waals surface area contributed by atoms with Gasteiger partial charge in [-0.15, -0.1) is 0 Å². The molecule has 1 atom stereocenters. The Balaban J connectivity index is 1.93. The van der Waals surface area contributed by atoms with Gasteiger partial charge in [0.2, 0.25) is 5.91 Å². The number of carbonyl (C=O) groups is 2. The Hall–Kier alpha value is -2.03. The zero-order chi connectivity index (χ0) is 15.6. The molecule has 0 saturated heterocycles. The summed E-state index contributed by atoms with van der Waals surface area (Å²) in [5.74, 6) is -0.981. The van der Waals surface area contributed by atoms with E-state index in [1.165, 1.54) is 0 Å². The van der Waals surface area contributed by atoms with Crippen molar-refractivity contribution in [3.05, 3.63) is 29.8 Å². The van der Waals surface area contributed by atoms with E-state index in [1.54, 1.807) is 0 Å². The first-order valence-corrected chi connectivity index (χ1v) is 6.65. The van der Waals surface area contributed by atoms with Crippen molar-refractivity contribution < 1.29 is 22.8 Å². The minimum atomic E-state index is -4.43. The number of aliphatic imine (C=N–C) groups is 1. The molecule has 0 spiro atoms. The number of thioether (sulfide) groups is 1. The summed E-state index contributed by atoms with van der Waals surface area (Å²) in [5, 5.41) is 1.84. The molecule has 9 heteroatoms. The molecule has 1 heterocycles. The maximum atomic E-state index is 12.4. The molecule has 2 amide bonds. The van der Waals surface area contributed by atoms with Crippen LogP contribution in [0.1, 0.15) is 12.0 Å². The number of nitrogens with one attached hydrogen (secondary N) is 1. The average Bonchev–Trinajstić information content (AvgIpc) is 2.67. The van der Waals surface area contributed by atoms with Gasteiger partial charge in [-0.2, -0.15) is 18.2 Å². The van der Waals surface area contributed by atoms with Crippen molar-refractivity contribution in [2.75, 3.05) is 5.32 Å². The first kappa shape index (κ1) is 15.4. The molecule has 21 heavy (non-hydrogen) atoms. The lowest BCUT2D eigenvalue weighted by Gasteiger charge is -2.10. The predicted molar refractivity (Wildman–Crippen MR) is 72.7 cm³/mol. The summed E-state index contributed by atoms with van der Waals surface area (Å²) in [6.07, 6.45) is -4.57. The molecule has 3 N–H and O–H groups in total. The van der Waals surface area contributed by atoms with Gasteiger partial charge in [-0.25, -0.2) is 0 Å². The lowest BCUT2D eigenvalue weighted by atomic mass is 10.2. The van der Waals surface area contributed by atoms with Crippen LogP contribution in [-0.2, 0) is 15.8 Å². The fourth-order valence-corrected chi connectivity index (χ4v) is 2.48. The quantitative estimate of drug-likeness (QED) is 0.893. The molecule has 0 bridgehead atoms. The third-order valence-electron chi connectivity index (χ3n) is 2.63. The molecule has 1 aromatic carbocycles. The first-order valence-electron chi connectivity index (χ1n) is 5.77. The number of nitrogens with zero attached hydrogens (tertiary/aromatic N) is 1. The second-order valence-electron chi connectivity index (χ2n) is 4.22. The van der Waals surface area contributed by atoms with Crippen LogP contribution >= 0.6 is 11.8 Å². The normalized spacial score (nSPS) is 18.5. The Morgan fingerprint density at radius 2 is 1.95 bits per heavy atom. The molecule has 5 nitrogen and oxygen atoms in total. The number of hydrogen-bond donors (Lipinski definition) is 2. The molecule has 112 valence electrons. The van der Waals surface area contributed by atoms with Crippen molar-refractivity contribution in [2.24, 2.45) is 10.7 Å². The van der Waals surface area contributed by atoms with Gasteiger partial charge < -0.3 is 11.1 Å². The SMILES string of the molecule is NC1=NC(=O)[C@@H](CC(=O)Nc2ccc(C(F)(F)F)cc2)S1. The molecule has 0 radical (unpaired) electrons. The van der Waals surface area contributed by atoms with Gasteiger partial charge in [0.25, 0.3) is 5.91 Å². The molecule has 1 aromatic rings. The topological polar surface area (TPSA) is 84.5 Å². The van der Waals surface area contributed by atoms with Gasteiger partial charge in [0.1, 0.15) is 5.25 Å². The Kier molecular flexibility index (Phi) is 4.21. The lowest BCUT2D eigenvalue weighted by molar-refractivity contribution is -0.137. The number of alkyl halides is 3. The molecular weight excluding hydrogens is 307 g/mol.